The molecule has 3 aromatic rings. The van der Waals surface area contributed by atoms with Gasteiger partial charge in [-0.3, -0.25) is 9.72 Å². The lowest BCUT2D eigenvalue weighted by atomic mass is 9.92. The summed E-state index contributed by atoms with van der Waals surface area (Å²) in [5.41, 5.74) is 3.45. The van der Waals surface area contributed by atoms with Crippen molar-refractivity contribution >= 4 is 23.1 Å². The molecule has 0 bridgehead atoms. The summed E-state index contributed by atoms with van der Waals surface area (Å²) in [6, 6.07) is 13.5. The highest BCUT2D eigenvalue weighted by atomic mass is 16.2. The van der Waals surface area contributed by atoms with E-state index in [0.717, 1.165) is 22.2 Å². The van der Waals surface area contributed by atoms with Gasteiger partial charge in [-0.2, -0.15) is 0 Å². The first-order valence-electron chi connectivity index (χ1n) is 8.14. The number of amides is 2. The Balaban J connectivity index is 1.77. The Kier molecular flexibility index (Phi) is 4.31. The van der Waals surface area contributed by atoms with Gasteiger partial charge in [-0.25, -0.2) is 9.78 Å². The second-order valence-corrected chi connectivity index (χ2v) is 6.64. The van der Waals surface area contributed by atoms with Crippen molar-refractivity contribution in [2.45, 2.75) is 26.3 Å². The predicted octanol–water partition coefficient (Wildman–Crippen LogP) is 4.42. The van der Waals surface area contributed by atoms with Crippen molar-refractivity contribution in [2.24, 2.45) is 0 Å². The zero-order valence-electron chi connectivity index (χ0n) is 14.7. The number of fused-ring (bicyclic) bond motifs is 1. The van der Waals surface area contributed by atoms with Crippen molar-refractivity contribution in [3.05, 3.63) is 72.6 Å². The zero-order valence-corrected chi connectivity index (χ0v) is 14.7. The fourth-order valence-corrected chi connectivity index (χ4v) is 2.70. The van der Waals surface area contributed by atoms with E-state index in [-0.39, 0.29) is 6.03 Å². The number of anilines is 1. The number of urea groups is 1. The molecular formula is C20H22N4O. The van der Waals surface area contributed by atoms with E-state index in [9.17, 15) is 4.79 Å². The van der Waals surface area contributed by atoms with Gasteiger partial charge in [0, 0.05) is 6.20 Å². The topological polar surface area (TPSA) is 58.4 Å². The molecular weight excluding hydrogens is 312 g/mol. The lowest BCUT2D eigenvalue weighted by Crippen LogP contribution is -2.43. The van der Waals surface area contributed by atoms with Crippen LogP contribution in [-0.4, -0.2) is 15.4 Å². The number of benzene rings is 1. The van der Waals surface area contributed by atoms with Gasteiger partial charge in [0.25, 0.3) is 0 Å². The normalized spacial score (nSPS) is 11.3. The van der Waals surface area contributed by atoms with Gasteiger partial charge in [0.2, 0.25) is 5.95 Å². The molecule has 0 atom stereocenters. The summed E-state index contributed by atoms with van der Waals surface area (Å²) in [7, 11) is 0. The summed E-state index contributed by atoms with van der Waals surface area (Å²) >= 11 is 0. The van der Waals surface area contributed by atoms with Gasteiger partial charge in [0.05, 0.1) is 17.3 Å². The molecule has 2 aromatic heterocycles. The molecule has 5 heteroatoms. The third-order valence-electron chi connectivity index (χ3n) is 4.17. The molecule has 0 saturated carbocycles. The molecule has 25 heavy (non-hydrogen) atoms. The van der Waals surface area contributed by atoms with E-state index in [1.807, 2.05) is 73.8 Å². The number of carbonyl (C=O) groups excluding carboxylic acids is 1. The number of pyridine rings is 1. The molecule has 0 aliphatic heterocycles. The van der Waals surface area contributed by atoms with E-state index < -0.39 is 5.54 Å². The summed E-state index contributed by atoms with van der Waals surface area (Å²) in [5.74, 6) is 0.486. The Morgan fingerprint density at radius 2 is 2.00 bits per heavy atom. The molecule has 2 N–H and O–H groups in total. The number of hydrogen-bond donors (Lipinski definition) is 2. The van der Waals surface area contributed by atoms with Gasteiger partial charge in [-0.1, -0.05) is 36.4 Å². The average Bonchev–Trinajstić information content (AvgIpc) is 2.97. The van der Waals surface area contributed by atoms with Crippen molar-refractivity contribution in [3.8, 4) is 0 Å². The standard InChI is InChI=1S/C20H22N4O/c1-14(2)15-8-7-9-16(12-15)20(3,4)23-19(25)22-18-21-13-17-10-5-6-11-24(17)18/h5-13H,1H2,2-4H3,(H2,21,22,23,25). The van der Waals surface area contributed by atoms with Gasteiger partial charge >= 0.3 is 6.03 Å². The summed E-state index contributed by atoms with van der Waals surface area (Å²) in [6.07, 6.45) is 3.58. The number of rotatable bonds is 4. The maximum Gasteiger partial charge on any atom is 0.322 e. The second-order valence-electron chi connectivity index (χ2n) is 6.64. The first-order chi connectivity index (χ1) is 11.9. The van der Waals surface area contributed by atoms with Gasteiger partial charge < -0.3 is 5.32 Å². The third-order valence-corrected chi connectivity index (χ3v) is 4.17. The van der Waals surface area contributed by atoms with Crippen LogP contribution in [-0.2, 0) is 5.54 Å². The van der Waals surface area contributed by atoms with Crippen molar-refractivity contribution in [1.29, 1.82) is 0 Å². The van der Waals surface area contributed by atoms with Crippen molar-refractivity contribution in [2.75, 3.05) is 5.32 Å². The average molecular weight is 334 g/mol. The molecule has 2 heterocycles. The van der Waals surface area contributed by atoms with Gasteiger partial charge in [0.15, 0.2) is 0 Å². The van der Waals surface area contributed by atoms with E-state index in [2.05, 4.69) is 22.2 Å². The van der Waals surface area contributed by atoms with Crippen LogP contribution in [0.5, 0.6) is 0 Å². The first-order valence-corrected chi connectivity index (χ1v) is 8.14. The van der Waals surface area contributed by atoms with Crippen LogP contribution in [0.15, 0.2) is 61.4 Å². The number of hydrogen-bond acceptors (Lipinski definition) is 2. The van der Waals surface area contributed by atoms with Gasteiger partial charge in [-0.05, 0) is 50.1 Å². The van der Waals surface area contributed by atoms with Crippen LogP contribution in [0.1, 0.15) is 31.9 Å². The molecule has 3 rings (SSSR count). The second kappa shape index (κ2) is 6.43. The molecule has 0 fully saturated rings. The van der Waals surface area contributed by atoms with E-state index in [1.165, 1.54) is 0 Å². The molecule has 0 saturated heterocycles. The molecule has 1 aromatic carbocycles. The zero-order chi connectivity index (χ0) is 18.0. The van der Waals surface area contributed by atoms with E-state index in [4.69, 9.17) is 0 Å². The van der Waals surface area contributed by atoms with E-state index in [1.54, 1.807) is 6.20 Å². The largest absolute Gasteiger partial charge is 0.329 e. The first kappa shape index (κ1) is 16.8. The summed E-state index contributed by atoms with van der Waals surface area (Å²) in [4.78, 5) is 16.7. The summed E-state index contributed by atoms with van der Waals surface area (Å²) in [5, 5.41) is 5.82. The van der Waals surface area contributed by atoms with Gasteiger partial charge in [0.1, 0.15) is 0 Å². The number of imidazole rings is 1. The smallest absolute Gasteiger partial charge is 0.322 e. The minimum Gasteiger partial charge on any atom is -0.329 e. The molecule has 0 aliphatic rings. The highest BCUT2D eigenvalue weighted by molar-refractivity contribution is 5.88. The molecule has 128 valence electrons. The Hall–Kier alpha value is -3.08. The summed E-state index contributed by atoms with van der Waals surface area (Å²) < 4.78 is 1.83. The van der Waals surface area contributed by atoms with Crippen LogP contribution in [0.4, 0.5) is 10.7 Å². The summed E-state index contributed by atoms with van der Waals surface area (Å²) in [6.45, 7) is 9.88. The van der Waals surface area contributed by atoms with Gasteiger partial charge in [-0.15, -0.1) is 0 Å². The number of carbonyl (C=O) groups is 1. The van der Waals surface area contributed by atoms with Crippen molar-refractivity contribution in [3.63, 3.8) is 0 Å². The van der Waals surface area contributed by atoms with Crippen LogP contribution in [0.2, 0.25) is 0 Å². The highest BCUT2D eigenvalue weighted by Crippen LogP contribution is 2.23. The Morgan fingerprint density at radius 1 is 1.20 bits per heavy atom. The number of allylic oxidation sites excluding steroid dienone is 1. The third kappa shape index (κ3) is 3.55. The highest BCUT2D eigenvalue weighted by Gasteiger charge is 2.23. The van der Waals surface area contributed by atoms with Crippen LogP contribution in [0, 0.1) is 0 Å². The fourth-order valence-electron chi connectivity index (χ4n) is 2.70. The number of nitrogens with one attached hydrogen (secondary N) is 2. The minimum absolute atomic E-state index is 0.304. The maximum atomic E-state index is 12.5. The fraction of sp³-hybridized carbons (Fsp3) is 0.200. The molecule has 0 spiro atoms. The molecule has 5 nitrogen and oxygen atoms in total. The SMILES string of the molecule is C=C(C)c1cccc(C(C)(C)NC(=O)Nc2ncc3ccccn23)c1. The quantitative estimate of drug-likeness (QED) is 0.742. The number of aromatic nitrogens is 2. The van der Waals surface area contributed by atoms with Crippen LogP contribution >= 0.6 is 0 Å². The molecule has 0 aliphatic carbocycles. The monoisotopic (exact) mass is 334 g/mol. The van der Waals surface area contributed by atoms with Crippen LogP contribution in [0.3, 0.4) is 0 Å². The minimum atomic E-state index is -0.539. The lowest BCUT2D eigenvalue weighted by molar-refractivity contribution is 0.241. The Bertz CT molecular complexity index is 940. The number of nitrogens with zero attached hydrogens (tertiary/aromatic N) is 2. The molecule has 0 radical (unpaired) electrons. The lowest BCUT2D eigenvalue weighted by Gasteiger charge is -2.27. The molecule has 0 unspecified atom stereocenters. The Labute approximate surface area is 147 Å². The molecule has 2 amide bonds. The van der Waals surface area contributed by atoms with E-state index in [0.29, 0.717) is 5.95 Å². The maximum absolute atomic E-state index is 12.5. The van der Waals surface area contributed by atoms with Crippen molar-refractivity contribution in [1.82, 2.24) is 14.7 Å². The van der Waals surface area contributed by atoms with Crippen LogP contribution in [0.25, 0.3) is 11.1 Å². The van der Waals surface area contributed by atoms with Crippen LogP contribution < -0.4 is 10.6 Å². The Morgan fingerprint density at radius 3 is 2.76 bits per heavy atom. The van der Waals surface area contributed by atoms with Crippen molar-refractivity contribution < 1.29 is 4.79 Å². The van der Waals surface area contributed by atoms with E-state index >= 15 is 0 Å². The predicted molar refractivity (Wildman–Crippen MR) is 102 cm³/mol.